The standard InChI is InChI=1S/C45H67N3O10S/c1-31(2)25-38(46-42(52)35(20-19-33-15-11-9-12-16-33)28-37(49)30-48-21-23-57-24-22-48)40(50)29-36(27-34-17-13-10-14-18-34)43(53)47-39(26-32(3)4)41(51)45(7,54)44(5,6)58-59(8,55)56/h9-18,31-32,35-36,38-39,54H,19-30H2,1-8H3,(H,46,52)(H,47,53)/t35-,36-,38+,39+,45+/m1/s1. The van der Waals surface area contributed by atoms with Gasteiger partial charge in [0.05, 0.1) is 38.1 Å². The van der Waals surface area contributed by atoms with E-state index in [2.05, 4.69) is 10.6 Å². The fourth-order valence-electron chi connectivity index (χ4n) is 7.32. The van der Waals surface area contributed by atoms with E-state index in [1.54, 1.807) is 0 Å². The molecular formula is C45H67N3O10S. The van der Waals surface area contributed by atoms with E-state index in [0.717, 1.165) is 24.3 Å². The lowest BCUT2D eigenvalue weighted by atomic mass is 9.79. The van der Waals surface area contributed by atoms with Crippen LogP contribution in [-0.4, -0.2) is 110 Å². The molecule has 0 spiro atoms. The number of hydrogen-bond acceptors (Lipinski definition) is 11. The van der Waals surface area contributed by atoms with Crippen molar-refractivity contribution in [3.63, 3.8) is 0 Å². The average molecular weight is 842 g/mol. The van der Waals surface area contributed by atoms with E-state index in [0.29, 0.717) is 45.6 Å². The molecule has 5 atom stereocenters. The number of amides is 2. The second-order valence-corrected chi connectivity index (χ2v) is 19.1. The van der Waals surface area contributed by atoms with E-state index in [9.17, 15) is 37.5 Å². The molecule has 0 radical (unpaired) electrons. The second-order valence-electron chi connectivity index (χ2n) is 17.5. The lowest BCUT2D eigenvalue weighted by molar-refractivity contribution is -0.159. The molecule has 1 aliphatic rings. The van der Waals surface area contributed by atoms with Crippen LogP contribution in [0.5, 0.6) is 0 Å². The SMILES string of the molecule is CC(C)C[C@H](NC(=O)[C@H](CCc1ccccc1)CC(=O)CN1CCOCC1)C(=O)C[C@@H](Cc1ccccc1)C(=O)N[C@@H](CC(C)C)C(=O)[C@](C)(O)C(C)(C)OS(C)(=O)=O. The molecule has 13 nitrogen and oxygen atoms in total. The van der Waals surface area contributed by atoms with Crippen molar-refractivity contribution in [3.05, 3.63) is 71.8 Å². The van der Waals surface area contributed by atoms with Gasteiger partial charge in [-0.05, 0) is 75.8 Å². The average Bonchev–Trinajstić information content (AvgIpc) is 3.15. The van der Waals surface area contributed by atoms with Crippen molar-refractivity contribution < 1.29 is 46.4 Å². The van der Waals surface area contributed by atoms with Crippen molar-refractivity contribution in [2.75, 3.05) is 39.1 Å². The maximum absolute atomic E-state index is 14.4. The van der Waals surface area contributed by atoms with Crippen LogP contribution in [0.4, 0.5) is 0 Å². The third-order valence-corrected chi connectivity index (χ3v) is 11.6. The minimum absolute atomic E-state index is 0.0100. The number of hydrogen-bond donors (Lipinski definition) is 3. The number of carbonyl (C=O) groups excluding carboxylic acids is 5. The number of morpholine rings is 1. The number of ketones is 3. The Labute approximate surface area is 351 Å². The highest BCUT2D eigenvalue weighted by Crippen LogP contribution is 2.31. The van der Waals surface area contributed by atoms with E-state index in [1.807, 2.05) is 93.3 Å². The second kappa shape index (κ2) is 22.7. The minimum Gasteiger partial charge on any atom is -0.379 e. The van der Waals surface area contributed by atoms with Crippen LogP contribution in [0.25, 0.3) is 0 Å². The van der Waals surface area contributed by atoms with Gasteiger partial charge in [-0.25, -0.2) is 0 Å². The van der Waals surface area contributed by atoms with Crippen LogP contribution in [0, 0.1) is 23.7 Å². The van der Waals surface area contributed by atoms with Gasteiger partial charge >= 0.3 is 0 Å². The number of benzene rings is 2. The molecule has 3 N–H and O–H groups in total. The van der Waals surface area contributed by atoms with Gasteiger partial charge in [-0.1, -0.05) is 88.4 Å². The molecule has 0 unspecified atom stereocenters. The predicted octanol–water partition coefficient (Wildman–Crippen LogP) is 4.48. The van der Waals surface area contributed by atoms with Crippen molar-refractivity contribution in [3.8, 4) is 0 Å². The van der Waals surface area contributed by atoms with Crippen molar-refractivity contribution >= 4 is 39.3 Å². The van der Waals surface area contributed by atoms with E-state index in [1.165, 1.54) is 13.8 Å². The van der Waals surface area contributed by atoms with Crippen molar-refractivity contribution in [2.45, 2.75) is 117 Å². The van der Waals surface area contributed by atoms with E-state index < -0.39 is 62.8 Å². The maximum Gasteiger partial charge on any atom is 0.265 e. The number of nitrogens with zero attached hydrogens (tertiary/aromatic N) is 1. The number of rotatable bonds is 25. The summed E-state index contributed by atoms with van der Waals surface area (Å²) in [5, 5.41) is 17.3. The first-order valence-electron chi connectivity index (χ1n) is 20.8. The van der Waals surface area contributed by atoms with Gasteiger partial charge in [0.25, 0.3) is 10.1 Å². The Kier molecular flexibility index (Phi) is 19.1. The highest BCUT2D eigenvalue weighted by Gasteiger charge is 2.51. The molecule has 2 aromatic carbocycles. The number of ether oxygens (including phenoxy) is 1. The molecule has 59 heavy (non-hydrogen) atoms. The lowest BCUT2D eigenvalue weighted by Crippen LogP contribution is -2.62. The van der Waals surface area contributed by atoms with Crippen molar-refractivity contribution in [1.82, 2.24) is 15.5 Å². The van der Waals surface area contributed by atoms with Crippen LogP contribution in [0.2, 0.25) is 0 Å². The first-order chi connectivity index (χ1) is 27.6. The Morgan fingerprint density at radius 2 is 1.29 bits per heavy atom. The summed E-state index contributed by atoms with van der Waals surface area (Å²) in [6.07, 6.45) is 2.06. The Hall–Kier alpha value is -3.82. The molecule has 2 aromatic rings. The Morgan fingerprint density at radius 1 is 0.780 bits per heavy atom. The fraction of sp³-hybridized carbons (Fsp3) is 0.622. The maximum atomic E-state index is 14.4. The summed E-state index contributed by atoms with van der Waals surface area (Å²) < 4.78 is 34.7. The monoisotopic (exact) mass is 841 g/mol. The van der Waals surface area contributed by atoms with Gasteiger partial charge in [0.1, 0.15) is 11.4 Å². The predicted molar refractivity (Wildman–Crippen MR) is 227 cm³/mol. The van der Waals surface area contributed by atoms with Gasteiger partial charge in [-0.15, -0.1) is 0 Å². The van der Waals surface area contributed by atoms with Crippen LogP contribution >= 0.6 is 0 Å². The minimum atomic E-state index is -4.08. The normalized spacial score (nSPS) is 17.1. The number of carbonyl (C=O) groups is 5. The molecule has 0 aromatic heterocycles. The molecule has 0 bridgehead atoms. The van der Waals surface area contributed by atoms with Gasteiger partial charge in [-0.2, -0.15) is 8.42 Å². The molecule has 14 heteroatoms. The first kappa shape index (κ1) is 49.5. The highest BCUT2D eigenvalue weighted by atomic mass is 32.2. The highest BCUT2D eigenvalue weighted by molar-refractivity contribution is 7.86. The summed E-state index contributed by atoms with van der Waals surface area (Å²) in [7, 11) is -4.08. The molecule has 0 aliphatic carbocycles. The smallest absolute Gasteiger partial charge is 0.265 e. The summed E-state index contributed by atoms with van der Waals surface area (Å²) in [5.41, 5.74) is -2.43. The number of aryl methyl sites for hydroxylation is 1. The molecule has 1 aliphatic heterocycles. The Bertz CT molecular complexity index is 1790. The van der Waals surface area contributed by atoms with Gasteiger partial charge in [0.15, 0.2) is 17.2 Å². The van der Waals surface area contributed by atoms with E-state index >= 15 is 0 Å². The number of nitrogens with one attached hydrogen (secondary N) is 2. The van der Waals surface area contributed by atoms with Crippen LogP contribution in [0.15, 0.2) is 60.7 Å². The lowest BCUT2D eigenvalue weighted by Gasteiger charge is -2.39. The summed E-state index contributed by atoms with van der Waals surface area (Å²) in [6.45, 7) is 13.8. The largest absolute Gasteiger partial charge is 0.379 e. The van der Waals surface area contributed by atoms with Gasteiger partial charge in [-0.3, -0.25) is 33.1 Å². The molecule has 3 rings (SSSR count). The fourth-order valence-corrected chi connectivity index (χ4v) is 8.24. The zero-order chi connectivity index (χ0) is 44.0. The van der Waals surface area contributed by atoms with E-state index in [4.69, 9.17) is 8.92 Å². The number of Topliss-reactive ketones (excluding diaryl/α,β-unsaturated/α-hetero) is 3. The van der Waals surface area contributed by atoms with Gasteiger partial charge < -0.3 is 20.5 Å². The number of aliphatic hydroxyl groups is 1. The molecule has 0 saturated carbocycles. The topological polar surface area (TPSA) is 185 Å². The Morgan fingerprint density at radius 3 is 1.83 bits per heavy atom. The molecule has 1 fully saturated rings. The quantitative estimate of drug-likeness (QED) is 0.120. The van der Waals surface area contributed by atoms with Crippen molar-refractivity contribution in [1.29, 1.82) is 0 Å². The molecule has 2 amide bonds. The Balaban J connectivity index is 1.89. The summed E-state index contributed by atoms with van der Waals surface area (Å²) in [6, 6.07) is 16.6. The van der Waals surface area contributed by atoms with Crippen molar-refractivity contribution in [2.24, 2.45) is 23.7 Å². The van der Waals surface area contributed by atoms with E-state index in [-0.39, 0.29) is 55.6 Å². The summed E-state index contributed by atoms with van der Waals surface area (Å²) in [4.78, 5) is 72.2. The molecular weight excluding hydrogens is 775 g/mol. The van der Waals surface area contributed by atoms with Crippen LogP contribution in [0.3, 0.4) is 0 Å². The molecule has 1 heterocycles. The van der Waals surface area contributed by atoms with Crippen LogP contribution in [0.1, 0.15) is 91.7 Å². The third kappa shape index (κ3) is 16.6. The third-order valence-electron chi connectivity index (χ3n) is 10.9. The van der Waals surface area contributed by atoms with Gasteiger partial charge in [0.2, 0.25) is 11.8 Å². The zero-order valence-electron chi connectivity index (χ0n) is 36.2. The van der Waals surface area contributed by atoms with Crippen LogP contribution in [-0.2, 0) is 55.9 Å². The van der Waals surface area contributed by atoms with Gasteiger partial charge in [0, 0.05) is 37.8 Å². The summed E-state index contributed by atoms with van der Waals surface area (Å²) in [5.74, 6) is -4.10. The first-order valence-corrected chi connectivity index (χ1v) is 22.6. The molecule has 328 valence electrons. The van der Waals surface area contributed by atoms with Crippen LogP contribution < -0.4 is 10.6 Å². The summed E-state index contributed by atoms with van der Waals surface area (Å²) >= 11 is 0. The zero-order valence-corrected chi connectivity index (χ0v) is 37.0. The molecule has 1 saturated heterocycles.